The highest BCUT2D eigenvalue weighted by Gasteiger charge is 1.77. The van der Waals surface area contributed by atoms with Crippen molar-refractivity contribution in [3.8, 4) is 0 Å². The van der Waals surface area contributed by atoms with E-state index >= 15 is 0 Å². The lowest BCUT2D eigenvalue weighted by atomic mass is 10.2. The Bertz CT molecular complexity index is 547. The van der Waals surface area contributed by atoms with Crippen LogP contribution in [0.25, 0.3) is 0 Å². The van der Waals surface area contributed by atoms with Crippen molar-refractivity contribution in [3.05, 3.63) is 90.9 Å². The topological polar surface area (TPSA) is 12.9 Å². The zero-order chi connectivity index (χ0) is 19.8. The van der Waals surface area contributed by atoms with Gasteiger partial charge in [-0.1, -0.05) is 93.5 Å². The standard InChI is InChI=1S/C20H32.C6H7N/c1-3-5-7-9-11-13-15-17-19-20-18-16-14-12-10-8-6-4-2;1-6-3-2-4-7-5-6/h5,7,10-13,16-19H,3-4,6,8-9,14-15,20H2,1-2H3;2-5H,1H3/b7-5-,12-10-,13-11-,18-16-,19-17-;. The minimum Gasteiger partial charge on any atom is -0.264 e. The molecule has 1 aromatic rings. The molecule has 0 aliphatic carbocycles. The molecular formula is C26H39N. The Kier molecular flexibility index (Phi) is 20.1. The van der Waals surface area contributed by atoms with Crippen LogP contribution in [0.5, 0.6) is 0 Å². The molecule has 1 heterocycles. The summed E-state index contributed by atoms with van der Waals surface area (Å²) >= 11 is 0. The maximum absolute atomic E-state index is 3.88. The number of nitrogens with zero attached hydrogens (tertiary/aromatic N) is 1. The van der Waals surface area contributed by atoms with Crippen LogP contribution in [0, 0.1) is 6.92 Å². The Morgan fingerprint density at radius 2 is 1.26 bits per heavy atom. The number of aryl methyl sites for hydroxylation is 1. The van der Waals surface area contributed by atoms with Crippen molar-refractivity contribution in [2.24, 2.45) is 0 Å². The molecule has 0 aliphatic heterocycles. The summed E-state index contributed by atoms with van der Waals surface area (Å²) in [5.41, 5.74) is 1.21. The third kappa shape index (κ3) is 21.8. The van der Waals surface area contributed by atoms with Crippen LogP contribution in [-0.4, -0.2) is 4.98 Å². The summed E-state index contributed by atoms with van der Waals surface area (Å²) in [6.45, 7) is 6.42. The lowest BCUT2D eigenvalue weighted by molar-refractivity contribution is 0.813. The maximum Gasteiger partial charge on any atom is 0.0297 e. The molecule has 0 saturated carbocycles. The van der Waals surface area contributed by atoms with Crippen molar-refractivity contribution < 1.29 is 0 Å². The predicted molar refractivity (Wildman–Crippen MR) is 123 cm³/mol. The molecule has 0 aromatic carbocycles. The fourth-order valence-corrected chi connectivity index (χ4v) is 2.14. The van der Waals surface area contributed by atoms with E-state index in [0.29, 0.717) is 0 Å². The van der Waals surface area contributed by atoms with Gasteiger partial charge in [-0.05, 0) is 57.1 Å². The van der Waals surface area contributed by atoms with Gasteiger partial charge in [0.25, 0.3) is 0 Å². The number of allylic oxidation sites excluding steroid dienone is 10. The number of rotatable bonds is 12. The smallest absolute Gasteiger partial charge is 0.0297 e. The van der Waals surface area contributed by atoms with E-state index in [-0.39, 0.29) is 0 Å². The van der Waals surface area contributed by atoms with E-state index in [9.17, 15) is 0 Å². The molecule has 0 bridgehead atoms. The van der Waals surface area contributed by atoms with E-state index in [1.165, 1.54) is 24.8 Å². The molecule has 0 spiro atoms. The fourth-order valence-electron chi connectivity index (χ4n) is 2.14. The lowest BCUT2D eigenvalue weighted by Crippen LogP contribution is -1.69. The van der Waals surface area contributed by atoms with Gasteiger partial charge in [-0.3, -0.25) is 4.98 Å². The minimum atomic E-state index is 1.05. The zero-order valence-corrected chi connectivity index (χ0v) is 17.7. The summed E-state index contributed by atoms with van der Waals surface area (Å²) in [4.78, 5) is 3.88. The Morgan fingerprint density at radius 3 is 1.63 bits per heavy atom. The van der Waals surface area contributed by atoms with Gasteiger partial charge in [0.15, 0.2) is 0 Å². The lowest BCUT2D eigenvalue weighted by Gasteiger charge is -1.87. The van der Waals surface area contributed by atoms with E-state index < -0.39 is 0 Å². The molecule has 0 unspecified atom stereocenters. The average molecular weight is 366 g/mol. The molecule has 1 rings (SSSR count). The quantitative estimate of drug-likeness (QED) is 0.268. The second-order valence-corrected chi connectivity index (χ2v) is 6.38. The Hall–Kier alpha value is -2.15. The second kappa shape index (κ2) is 21.9. The molecule has 0 aliphatic rings. The van der Waals surface area contributed by atoms with Gasteiger partial charge in [-0.25, -0.2) is 0 Å². The van der Waals surface area contributed by atoms with Crippen LogP contribution in [-0.2, 0) is 0 Å². The SMILES string of the molecule is CC/C=C\C/C=C\C/C=C\C/C=C\C/C=C\CCCC.Cc1cccnc1. The Labute approximate surface area is 168 Å². The van der Waals surface area contributed by atoms with Crippen molar-refractivity contribution >= 4 is 0 Å². The highest BCUT2D eigenvalue weighted by Crippen LogP contribution is 1.98. The molecule has 1 heteroatoms. The summed E-state index contributed by atoms with van der Waals surface area (Å²) in [7, 11) is 0. The number of hydrogen-bond donors (Lipinski definition) is 0. The average Bonchev–Trinajstić information content (AvgIpc) is 2.69. The molecule has 0 saturated heterocycles. The highest BCUT2D eigenvalue weighted by molar-refractivity contribution is 5.04. The van der Waals surface area contributed by atoms with E-state index in [2.05, 4.69) is 79.6 Å². The van der Waals surface area contributed by atoms with Crippen LogP contribution < -0.4 is 0 Å². The van der Waals surface area contributed by atoms with Gasteiger partial charge in [0, 0.05) is 12.4 Å². The first-order valence-corrected chi connectivity index (χ1v) is 10.4. The molecule has 0 N–H and O–H groups in total. The molecule has 0 atom stereocenters. The van der Waals surface area contributed by atoms with Crippen molar-refractivity contribution in [2.75, 3.05) is 0 Å². The van der Waals surface area contributed by atoms with Crippen LogP contribution in [0.15, 0.2) is 85.3 Å². The molecule has 1 aromatic heterocycles. The van der Waals surface area contributed by atoms with Crippen LogP contribution in [0.3, 0.4) is 0 Å². The van der Waals surface area contributed by atoms with E-state index in [1.54, 1.807) is 6.20 Å². The maximum atomic E-state index is 3.88. The highest BCUT2D eigenvalue weighted by atomic mass is 14.6. The minimum absolute atomic E-state index is 1.05. The van der Waals surface area contributed by atoms with Crippen LogP contribution >= 0.6 is 0 Å². The predicted octanol–water partition coefficient (Wildman–Crippen LogP) is 8.32. The number of pyridine rings is 1. The molecule has 27 heavy (non-hydrogen) atoms. The summed E-state index contributed by atoms with van der Waals surface area (Å²) in [5, 5.41) is 0. The van der Waals surface area contributed by atoms with Gasteiger partial charge < -0.3 is 0 Å². The number of unbranched alkanes of at least 4 members (excludes halogenated alkanes) is 2. The molecule has 0 fully saturated rings. The Balaban J connectivity index is 0.000000797. The van der Waals surface area contributed by atoms with Crippen molar-refractivity contribution in [1.29, 1.82) is 0 Å². The monoisotopic (exact) mass is 365 g/mol. The molecular weight excluding hydrogens is 326 g/mol. The van der Waals surface area contributed by atoms with E-state index in [4.69, 9.17) is 0 Å². The van der Waals surface area contributed by atoms with Gasteiger partial charge in [0.05, 0.1) is 0 Å². The van der Waals surface area contributed by atoms with E-state index in [0.717, 1.165) is 32.1 Å². The van der Waals surface area contributed by atoms with Crippen molar-refractivity contribution in [1.82, 2.24) is 4.98 Å². The summed E-state index contributed by atoms with van der Waals surface area (Å²) in [6, 6.07) is 3.95. The summed E-state index contributed by atoms with van der Waals surface area (Å²) < 4.78 is 0. The normalized spacial score (nSPS) is 12.0. The number of aromatic nitrogens is 1. The molecule has 1 nitrogen and oxygen atoms in total. The first-order valence-electron chi connectivity index (χ1n) is 10.4. The second-order valence-electron chi connectivity index (χ2n) is 6.38. The van der Waals surface area contributed by atoms with Gasteiger partial charge in [-0.15, -0.1) is 0 Å². The van der Waals surface area contributed by atoms with Crippen molar-refractivity contribution in [2.45, 2.75) is 72.1 Å². The first-order chi connectivity index (χ1) is 13.3. The van der Waals surface area contributed by atoms with E-state index in [1.807, 2.05) is 25.3 Å². The number of hydrogen-bond acceptors (Lipinski definition) is 1. The van der Waals surface area contributed by atoms with Gasteiger partial charge in [0.1, 0.15) is 0 Å². The third-order valence-electron chi connectivity index (χ3n) is 3.69. The van der Waals surface area contributed by atoms with Crippen LogP contribution in [0.2, 0.25) is 0 Å². The van der Waals surface area contributed by atoms with Gasteiger partial charge >= 0.3 is 0 Å². The molecule has 0 radical (unpaired) electrons. The molecule has 0 amide bonds. The fraction of sp³-hybridized carbons (Fsp3) is 0.423. The molecule has 148 valence electrons. The summed E-state index contributed by atoms with van der Waals surface area (Å²) in [5.74, 6) is 0. The Morgan fingerprint density at radius 1 is 0.741 bits per heavy atom. The van der Waals surface area contributed by atoms with Crippen molar-refractivity contribution in [3.63, 3.8) is 0 Å². The van der Waals surface area contributed by atoms with Crippen LogP contribution in [0.4, 0.5) is 0 Å². The van der Waals surface area contributed by atoms with Gasteiger partial charge in [-0.2, -0.15) is 0 Å². The van der Waals surface area contributed by atoms with Gasteiger partial charge in [0.2, 0.25) is 0 Å². The summed E-state index contributed by atoms with van der Waals surface area (Å²) in [6.07, 6.45) is 35.2. The van der Waals surface area contributed by atoms with Crippen LogP contribution in [0.1, 0.15) is 70.8 Å². The third-order valence-corrected chi connectivity index (χ3v) is 3.69. The largest absolute Gasteiger partial charge is 0.264 e. The zero-order valence-electron chi connectivity index (χ0n) is 17.7. The first kappa shape index (κ1) is 24.8.